The van der Waals surface area contributed by atoms with Crippen molar-refractivity contribution in [1.29, 1.82) is 0 Å². The molecule has 2 unspecified atom stereocenters. The lowest BCUT2D eigenvalue weighted by atomic mass is 9.93. The van der Waals surface area contributed by atoms with Crippen LogP contribution in [0.2, 0.25) is 0 Å². The lowest BCUT2D eigenvalue weighted by Crippen LogP contribution is -2.16. The van der Waals surface area contributed by atoms with E-state index in [0.29, 0.717) is 23.7 Å². The van der Waals surface area contributed by atoms with Gasteiger partial charge >= 0.3 is 5.97 Å². The van der Waals surface area contributed by atoms with E-state index in [2.05, 4.69) is 0 Å². The zero-order valence-electron chi connectivity index (χ0n) is 13.1. The number of allylic oxidation sites excluding steroid dienone is 2. The Morgan fingerprint density at radius 1 is 1.26 bits per heavy atom. The summed E-state index contributed by atoms with van der Waals surface area (Å²) in [6.07, 6.45) is 2.18. The maximum absolute atomic E-state index is 12.0. The Bertz CT molecular complexity index is 605. The highest BCUT2D eigenvalue weighted by Crippen LogP contribution is 2.29. The largest absolute Gasteiger partial charge is 0.504 e. The quantitative estimate of drug-likeness (QED) is 0.330. The summed E-state index contributed by atoms with van der Waals surface area (Å²) in [4.78, 5) is 33.7. The van der Waals surface area contributed by atoms with Gasteiger partial charge in [0, 0.05) is 12.3 Å². The van der Waals surface area contributed by atoms with Crippen LogP contribution in [-0.2, 0) is 19.1 Å². The fraction of sp³-hybridized carbons (Fsp3) is 0.353. The number of benzene rings is 1. The van der Waals surface area contributed by atoms with Crippen LogP contribution in [0.1, 0.15) is 38.4 Å². The molecule has 0 saturated carbocycles. The number of carbonyl (C=O) groups is 3. The Labute approximate surface area is 134 Å². The van der Waals surface area contributed by atoms with Gasteiger partial charge in [0.2, 0.25) is 0 Å². The Kier molecular flexibility index (Phi) is 6.99. The van der Waals surface area contributed by atoms with E-state index in [0.717, 1.165) is 0 Å². The van der Waals surface area contributed by atoms with Crippen LogP contribution in [0.5, 0.6) is 11.5 Å². The number of aromatic hydroxyl groups is 2. The molecule has 0 aliphatic heterocycles. The van der Waals surface area contributed by atoms with Crippen molar-refractivity contribution in [2.75, 3.05) is 0 Å². The highest BCUT2D eigenvalue weighted by Gasteiger charge is 2.20. The maximum atomic E-state index is 12.0. The average Bonchev–Trinajstić information content (AvgIpc) is 2.51. The number of rotatable bonds is 8. The van der Waals surface area contributed by atoms with Crippen molar-refractivity contribution in [3.05, 3.63) is 35.4 Å². The van der Waals surface area contributed by atoms with Gasteiger partial charge in [-0.1, -0.05) is 12.1 Å². The van der Waals surface area contributed by atoms with E-state index in [1.165, 1.54) is 18.2 Å². The van der Waals surface area contributed by atoms with Crippen LogP contribution in [0.25, 0.3) is 0 Å². The summed E-state index contributed by atoms with van der Waals surface area (Å²) >= 11 is 0. The maximum Gasteiger partial charge on any atom is 0.307 e. The van der Waals surface area contributed by atoms with Crippen LogP contribution >= 0.6 is 0 Å². The predicted octanol–water partition coefficient (Wildman–Crippen LogP) is 2.44. The van der Waals surface area contributed by atoms with Gasteiger partial charge in [0.25, 0.3) is 0 Å². The summed E-state index contributed by atoms with van der Waals surface area (Å²) in [6, 6.07) is 4.13. The van der Waals surface area contributed by atoms with Gasteiger partial charge in [-0.15, -0.1) is 0 Å². The Balaban J connectivity index is 2.75. The molecule has 124 valence electrons. The fourth-order valence-electron chi connectivity index (χ4n) is 2.16. The van der Waals surface area contributed by atoms with E-state index in [1.807, 2.05) is 0 Å². The monoisotopic (exact) mass is 320 g/mol. The number of esters is 1. The zero-order valence-corrected chi connectivity index (χ0v) is 13.1. The van der Waals surface area contributed by atoms with Gasteiger partial charge in [-0.2, -0.15) is 0 Å². The van der Waals surface area contributed by atoms with E-state index < -0.39 is 18.0 Å². The minimum atomic E-state index is -0.642. The Morgan fingerprint density at radius 3 is 2.48 bits per heavy atom. The second-order valence-electron chi connectivity index (χ2n) is 5.09. The second-order valence-corrected chi connectivity index (χ2v) is 5.09. The summed E-state index contributed by atoms with van der Waals surface area (Å²) < 4.78 is 5.26. The van der Waals surface area contributed by atoms with Crippen LogP contribution in [-0.4, -0.2) is 28.8 Å². The van der Waals surface area contributed by atoms with Crippen molar-refractivity contribution >= 4 is 18.5 Å². The van der Waals surface area contributed by atoms with Crippen LogP contribution in [0.15, 0.2) is 29.8 Å². The van der Waals surface area contributed by atoms with Gasteiger partial charge in [0.15, 0.2) is 11.5 Å². The highest BCUT2D eigenvalue weighted by molar-refractivity contribution is 5.78. The molecule has 2 N–H and O–H groups in total. The molecule has 0 fully saturated rings. The molecule has 0 aromatic heterocycles. The first-order chi connectivity index (χ1) is 10.9. The van der Waals surface area contributed by atoms with Gasteiger partial charge in [0.05, 0.1) is 6.42 Å². The summed E-state index contributed by atoms with van der Waals surface area (Å²) in [5.74, 6) is -1.63. The van der Waals surface area contributed by atoms with Crippen molar-refractivity contribution in [3.63, 3.8) is 0 Å². The predicted molar refractivity (Wildman–Crippen MR) is 82.9 cm³/mol. The molecule has 0 bridgehead atoms. The summed E-state index contributed by atoms with van der Waals surface area (Å²) in [5.41, 5.74) is 0.895. The lowest BCUT2D eigenvalue weighted by molar-refractivity contribution is -0.149. The second kappa shape index (κ2) is 8.73. The Hall–Kier alpha value is -2.63. The average molecular weight is 320 g/mol. The van der Waals surface area contributed by atoms with Gasteiger partial charge in [-0.05, 0) is 37.1 Å². The van der Waals surface area contributed by atoms with Gasteiger partial charge in [0.1, 0.15) is 18.7 Å². The third-order valence-electron chi connectivity index (χ3n) is 3.51. The molecule has 0 amide bonds. The van der Waals surface area contributed by atoms with E-state index in [9.17, 15) is 24.6 Å². The number of carbonyl (C=O) groups excluding carboxylic acids is 3. The number of hydrogen-bond donors (Lipinski definition) is 2. The number of phenols is 2. The molecule has 0 radical (unpaired) electrons. The normalized spacial score (nSPS) is 13.9. The number of hydrogen-bond acceptors (Lipinski definition) is 6. The van der Waals surface area contributed by atoms with Crippen LogP contribution in [0.3, 0.4) is 0 Å². The molecule has 6 nitrogen and oxygen atoms in total. The SMILES string of the molecule is CC=C(C=O)C(CC=O)CC(=O)OC(C)c1ccc(O)c(O)c1. The zero-order chi connectivity index (χ0) is 17.4. The minimum Gasteiger partial charge on any atom is -0.504 e. The molecule has 0 aliphatic rings. The summed E-state index contributed by atoms with van der Waals surface area (Å²) in [5, 5.41) is 18.7. The minimum absolute atomic E-state index is 0.0574. The molecule has 0 aliphatic carbocycles. The highest BCUT2D eigenvalue weighted by atomic mass is 16.5. The van der Waals surface area contributed by atoms with E-state index in [-0.39, 0.29) is 24.3 Å². The molecule has 0 spiro atoms. The molecular formula is C17H20O6. The van der Waals surface area contributed by atoms with Gasteiger partial charge < -0.3 is 19.7 Å². The Morgan fingerprint density at radius 2 is 1.96 bits per heavy atom. The molecule has 6 heteroatoms. The topological polar surface area (TPSA) is 101 Å². The molecule has 2 atom stereocenters. The van der Waals surface area contributed by atoms with E-state index >= 15 is 0 Å². The van der Waals surface area contributed by atoms with Crippen LogP contribution in [0, 0.1) is 5.92 Å². The molecule has 0 heterocycles. The molecule has 1 rings (SSSR count). The first kappa shape index (κ1) is 18.4. The van der Waals surface area contributed by atoms with Gasteiger partial charge in [-0.3, -0.25) is 9.59 Å². The van der Waals surface area contributed by atoms with Crippen molar-refractivity contribution in [3.8, 4) is 11.5 Å². The van der Waals surface area contributed by atoms with Crippen molar-refractivity contribution in [2.24, 2.45) is 5.92 Å². The molecule has 0 saturated heterocycles. The first-order valence-corrected chi connectivity index (χ1v) is 7.19. The van der Waals surface area contributed by atoms with Crippen LogP contribution in [0.4, 0.5) is 0 Å². The molecule has 23 heavy (non-hydrogen) atoms. The van der Waals surface area contributed by atoms with Crippen molar-refractivity contribution in [1.82, 2.24) is 0 Å². The third kappa shape index (κ3) is 5.25. The smallest absolute Gasteiger partial charge is 0.307 e. The van der Waals surface area contributed by atoms with Gasteiger partial charge in [-0.25, -0.2) is 0 Å². The van der Waals surface area contributed by atoms with E-state index in [1.54, 1.807) is 19.9 Å². The van der Waals surface area contributed by atoms with Crippen molar-refractivity contribution in [2.45, 2.75) is 32.8 Å². The standard InChI is InChI=1S/C17H20O6/c1-3-12(10-19)14(6-7-18)9-17(22)23-11(2)13-4-5-15(20)16(21)8-13/h3-5,7-8,10-11,14,20-21H,6,9H2,1-2H3. The fourth-order valence-corrected chi connectivity index (χ4v) is 2.16. The third-order valence-corrected chi connectivity index (χ3v) is 3.51. The van der Waals surface area contributed by atoms with Crippen molar-refractivity contribution < 1.29 is 29.3 Å². The molecular weight excluding hydrogens is 300 g/mol. The number of ether oxygens (including phenoxy) is 1. The first-order valence-electron chi connectivity index (χ1n) is 7.19. The lowest BCUT2D eigenvalue weighted by Gasteiger charge is -2.17. The molecule has 1 aromatic rings. The molecule has 1 aromatic carbocycles. The van der Waals surface area contributed by atoms with E-state index in [4.69, 9.17) is 4.74 Å². The number of phenolic OH excluding ortho intramolecular Hbond substituents is 2. The number of aldehydes is 2. The summed E-state index contributed by atoms with van der Waals surface area (Å²) in [7, 11) is 0. The summed E-state index contributed by atoms with van der Waals surface area (Å²) in [6.45, 7) is 3.28. The van der Waals surface area contributed by atoms with Crippen LogP contribution < -0.4 is 0 Å².